The van der Waals surface area contributed by atoms with Crippen LogP contribution in [-0.2, 0) is 9.59 Å². The summed E-state index contributed by atoms with van der Waals surface area (Å²) >= 11 is 6.04. The number of nitrogens with zero attached hydrogens (tertiary/aromatic N) is 2. The normalized spacial score (nSPS) is 20.9. The summed E-state index contributed by atoms with van der Waals surface area (Å²) in [7, 11) is 0. The molecule has 1 fully saturated rings. The zero-order chi connectivity index (χ0) is 21.4. The van der Waals surface area contributed by atoms with Crippen molar-refractivity contribution in [3.8, 4) is 0 Å². The number of nitrogens with one attached hydrogen (secondary N) is 1. The van der Waals surface area contributed by atoms with Gasteiger partial charge < -0.3 is 10.2 Å². The zero-order valence-corrected chi connectivity index (χ0v) is 17.7. The number of hydrogen-bond acceptors (Lipinski definition) is 4. The van der Waals surface area contributed by atoms with Crippen LogP contribution in [0.2, 0.25) is 5.02 Å². The summed E-state index contributed by atoms with van der Waals surface area (Å²) in [5.74, 6) is -0.723. The van der Waals surface area contributed by atoms with Crippen LogP contribution in [0.25, 0.3) is 10.8 Å². The zero-order valence-electron chi connectivity index (χ0n) is 16.9. The van der Waals surface area contributed by atoms with E-state index in [1.54, 1.807) is 0 Å². The molecule has 2 aliphatic rings. The van der Waals surface area contributed by atoms with Crippen molar-refractivity contribution in [1.82, 2.24) is 4.90 Å². The van der Waals surface area contributed by atoms with Crippen LogP contribution in [0.1, 0.15) is 24.4 Å². The standard InChI is InChI=1S/C25H22ClN3O2/c26-18-11-9-17(10-12-18)21-15-22(30)23(24-27-13-4-14-29(21)24)25(31)28-20-8-3-6-16-5-1-2-7-19(16)20/h1-3,5-12,21,23H,4,13-15H2,(H,28,31). The molecule has 2 aliphatic heterocycles. The van der Waals surface area contributed by atoms with Gasteiger partial charge in [0, 0.05) is 35.6 Å². The summed E-state index contributed by atoms with van der Waals surface area (Å²) < 4.78 is 0. The number of amidine groups is 1. The minimum absolute atomic E-state index is 0.102. The van der Waals surface area contributed by atoms with Crippen molar-refractivity contribution in [2.75, 3.05) is 18.4 Å². The number of Topliss-reactive ketones (excluding diaryl/α,β-unsaturated/α-hetero) is 1. The highest BCUT2D eigenvalue weighted by Gasteiger charge is 2.44. The molecule has 1 amide bonds. The molecule has 2 heterocycles. The molecular weight excluding hydrogens is 410 g/mol. The Hall–Kier alpha value is -3.18. The first-order chi connectivity index (χ1) is 15.1. The summed E-state index contributed by atoms with van der Waals surface area (Å²) in [6.07, 6.45) is 1.17. The number of hydrogen-bond donors (Lipinski definition) is 1. The number of anilines is 1. The molecule has 0 aromatic heterocycles. The van der Waals surface area contributed by atoms with E-state index in [9.17, 15) is 9.59 Å². The van der Waals surface area contributed by atoms with Gasteiger partial charge in [-0.15, -0.1) is 0 Å². The second-order valence-corrected chi connectivity index (χ2v) is 8.41. The van der Waals surface area contributed by atoms with E-state index < -0.39 is 5.92 Å². The number of amides is 1. The quantitative estimate of drug-likeness (QED) is 0.602. The van der Waals surface area contributed by atoms with Crippen molar-refractivity contribution in [2.45, 2.75) is 18.9 Å². The van der Waals surface area contributed by atoms with Crippen molar-refractivity contribution in [2.24, 2.45) is 10.9 Å². The molecule has 1 N–H and O–H groups in total. The van der Waals surface area contributed by atoms with Gasteiger partial charge in [0.2, 0.25) is 5.91 Å². The topological polar surface area (TPSA) is 61.8 Å². The number of carbonyl (C=O) groups excluding carboxylic acids is 2. The van der Waals surface area contributed by atoms with E-state index in [0.717, 1.165) is 29.3 Å². The Morgan fingerprint density at radius 3 is 2.65 bits per heavy atom. The predicted molar refractivity (Wildman–Crippen MR) is 124 cm³/mol. The molecule has 1 saturated heterocycles. The van der Waals surface area contributed by atoms with E-state index in [1.807, 2.05) is 66.7 Å². The lowest BCUT2D eigenvalue weighted by Gasteiger charge is -2.43. The number of ketones is 1. The summed E-state index contributed by atoms with van der Waals surface area (Å²) in [4.78, 5) is 33.3. The Kier molecular flexibility index (Phi) is 5.20. The van der Waals surface area contributed by atoms with Gasteiger partial charge in [-0.3, -0.25) is 14.6 Å². The maximum absolute atomic E-state index is 13.3. The monoisotopic (exact) mass is 431 g/mol. The molecule has 3 aromatic carbocycles. The second kappa shape index (κ2) is 8.16. The van der Waals surface area contributed by atoms with E-state index in [0.29, 0.717) is 23.1 Å². The average molecular weight is 432 g/mol. The Balaban J connectivity index is 1.45. The van der Waals surface area contributed by atoms with Crippen LogP contribution >= 0.6 is 11.6 Å². The fourth-order valence-corrected chi connectivity index (χ4v) is 4.69. The van der Waals surface area contributed by atoms with E-state index >= 15 is 0 Å². The van der Waals surface area contributed by atoms with Gasteiger partial charge in [-0.1, -0.05) is 60.1 Å². The first-order valence-corrected chi connectivity index (χ1v) is 10.9. The van der Waals surface area contributed by atoms with Crippen molar-refractivity contribution in [1.29, 1.82) is 0 Å². The maximum atomic E-state index is 13.3. The molecule has 5 nitrogen and oxygen atoms in total. The van der Waals surface area contributed by atoms with Crippen LogP contribution in [0.3, 0.4) is 0 Å². The lowest BCUT2D eigenvalue weighted by atomic mass is 9.85. The first kappa shape index (κ1) is 19.8. The molecule has 156 valence electrons. The molecule has 2 unspecified atom stereocenters. The smallest absolute Gasteiger partial charge is 0.242 e. The lowest BCUT2D eigenvalue weighted by molar-refractivity contribution is -0.130. The molecule has 0 saturated carbocycles. The molecule has 0 aliphatic carbocycles. The van der Waals surface area contributed by atoms with E-state index in [4.69, 9.17) is 11.6 Å². The van der Waals surface area contributed by atoms with Gasteiger partial charge in [-0.2, -0.15) is 0 Å². The molecule has 6 heteroatoms. The van der Waals surface area contributed by atoms with Gasteiger partial charge in [0.15, 0.2) is 11.7 Å². The van der Waals surface area contributed by atoms with E-state index in [2.05, 4.69) is 15.2 Å². The van der Waals surface area contributed by atoms with Crippen LogP contribution in [0.4, 0.5) is 5.69 Å². The van der Waals surface area contributed by atoms with Gasteiger partial charge in [0.05, 0.1) is 6.04 Å². The van der Waals surface area contributed by atoms with Gasteiger partial charge in [-0.25, -0.2) is 0 Å². The van der Waals surface area contributed by atoms with Crippen molar-refractivity contribution < 1.29 is 9.59 Å². The Morgan fingerprint density at radius 2 is 1.81 bits per heavy atom. The van der Waals surface area contributed by atoms with Crippen LogP contribution in [0, 0.1) is 5.92 Å². The highest BCUT2D eigenvalue weighted by Crippen LogP contribution is 2.36. The maximum Gasteiger partial charge on any atom is 0.242 e. The van der Waals surface area contributed by atoms with Gasteiger partial charge in [0.25, 0.3) is 0 Å². The second-order valence-electron chi connectivity index (χ2n) is 7.97. The third-order valence-corrected chi connectivity index (χ3v) is 6.29. The van der Waals surface area contributed by atoms with Crippen LogP contribution in [-0.4, -0.2) is 35.5 Å². The lowest BCUT2D eigenvalue weighted by Crippen LogP contribution is -2.53. The van der Waals surface area contributed by atoms with E-state index in [-0.39, 0.29) is 24.2 Å². The largest absolute Gasteiger partial charge is 0.352 e. The molecule has 3 aromatic rings. The van der Waals surface area contributed by atoms with E-state index in [1.165, 1.54) is 0 Å². The summed E-state index contributed by atoms with van der Waals surface area (Å²) in [6.45, 7) is 1.40. The third-order valence-electron chi connectivity index (χ3n) is 6.04. The molecule has 0 radical (unpaired) electrons. The fraction of sp³-hybridized carbons (Fsp3) is 0.240. The summed E-state index contributed by atoms with van der Waals surface area (Å²) in [5.41, 5.74) is 1.72. The number of aliphatic imine (C=N–C) groups is 1. The Labute approximate surface area is 185 Å². The van der Waals surface area contributed by atoms with Crippen molar-refractivity contribution in [3.05, 3.63) is 77.3 Å². The Morgan fingerprint density at radius 1 is 1.03 bits per heavy atom. The predicted octanol–water partition coefficient (Wildman–Crippen LogP) is 4.87. The minimum Gasteiger partial charge on any atom is -0.352 e. The van der Waals surface area contributed by atoms with Crippen LogP contribution in [0.15, 0.2) is 71.7 Å². The molecule has 5 rings (SSSR count). The molecule has 0 bridgehead atoms. The summed E-state index contributed by atoms with van der Waals surface area (Å²) in [5, 5.41) is 5.64. The molecule has 31 heavy (non-hydrogen) atoms. The van der Waals surface area contributed by atoms with Crippen LogP contribution in [0.5, 0.6) is 0 Å². The molecule has 0 spiro atoms. The fourth-order valence-electron chi connectivity index (χ4n) is 4.56. The van der Waals surface area contributed by atoms with Crippen molar-refractivity contribution >= 4 is 45.6 Å². The average Bonchev–Trinajstić information content (AvgIpc) is 2.79. The summed E-state index contributed by atoms with van der Waals surface area (Å²) in [6, 6.07) is 21.1. The van der Waals surface area contributed by atoms with Crippen LogP contribution < -0.4 is 5.32 Å². The minimum atomic E-state index is -0.886. The number of piperidine rings is 1. The highest BCUT2D eigenvalue weighted by molar-refractivity contribution is 6.30. The van der Waals surface area contributed by atoms with Gasteiger partial charge in [-0.05, 0) is 35.6 Å². The number of fused-ring (bicyclic) bond motifs is 2. The first-order valence-electron chi connectivity index (χ1n) is 10.5. The highest BCUT2D eigenvalue weighted by atomic mass is 35.5. The Bertz CT molecular complexity index is 1180. The number of benzene rings is 3. The molecular formula is C25H22ClN3O2. The number of halogens is 1. The third kappa shape index (κ3) is 3.70. The van der Waals surface area contributed by atoms with Crippen molar-refractivity contribution in [3.63, 3.8) is 0 Å². The number of rotatable bonds is 3. The van der Waals surface area contributed by atoms with Gasteiger partial charge >= 0.3 is 0 Å². The van der Waals surface area contributed by atoms with Gasteiger partial charge in [0.1, 0.15) is 5.84 Å². The number of carbonyl (C=O) groups is 2. The SMILES string of the molecule is O=C1CC(c2ccc(Cl)cc2)N2CCCN=C2C1C(=O)Nc1cccc2ccccc12. The molecule has 2 atom stereocenters.